The molecule has 0 aliphatic carbocycles. The Hall–Kier alpha value is -2.81. The Morgan fingerprint density at radius 3 is 2.37 bits per heavy atom. The van der Waals surface area contributed by atoms with Crippen LogP contribution in [0.15, 0.2) is 30.3 Å². The molecule has 166 valence electrons. The summed E-state index contributed by atoms with van der Waals surface area (Å²) < 4.78 is 15.5. The molecular weight excluding hydrogens is 390 g/mol. The smallest absolute Gasteiger partial charge is 0.408 e. The van der Waals surface area contributed by atoms with Crippen molar-refractivity contribution in [1.29, 1.82) is 0 Å². The molecular formula is C21H31N3O6. The quantitative estimate of drug-likeness (QED) is 0.728. The van der Waals surface area contributed by atoms with E-state index in [-0.39, 0.29) is 25.7 Å². The van der Waals surface area contributed by atoms with Crippen molar-refractivity contribution >= 4 is 18.1 Å². The van der Waals surface area contributed by atoms with Gasteiger partial charge in [-0.25, -0.2) is 9.59 Å². The van der Waals surface area contributed by atoms with Gasteiger partial charge in [0, 0.05) is 20.2 Å². The van der Waals surface area contributed by atoms with Gasteiger partial charge >= 0.3 is 12.2 Å². The lowest BCUT2D eigenvalue weighted by Crippen LogP contribution is -2.62. The topological polar surface area (TPSA) is 106 Å². The minimum Gasteiger partial charge on any atom is -0.445 e. The number of rotatable bonds is 6. The molecule has 1 aliphatic rings. The molecule has 0 radical (unpaired) electrons. The van der Waals surface area contributed by atoms with Gasteiger partial charge < -0.3 is 29.7 Å². The highest BCUT2D eigenvalue weighted by Crippen LogP contribution is 2.14. The molecule has 1 aromatic rings. The van der Waals surface area contributed by atoms with E-state index in [1.165, 1.54) is 7.11 Å². The monoisotopic (exact) mass is 421 g/mol. The molecule has 2 atom stereocenters. The molecule has 1 saturated heterocycles. The molecule has 1 heterocycles. The van der Waals surface area contributed by atoms with Gasteiger partial charge in [-0.3, -0.25) is 4.79 Å². The SMILES string of the molecule is COCC(=O)N1CC[C@@H](NC(=O)OCc2ccccc2)[C@H](NC(=O)OC(C)(C)C)C1. The summed E-state index contributed by atoms with van der Waals surface area (Å²) in [5, 5.41) is 5.56. The largest absolute Gasteiger partial charge is 0.445 e. The zero-order chi connectivity index (χ0) is 22.1. The van der Waals surface area contributed by atoms with Crippen LogP contribution in [0.25, 0.3) is 0 Å². The van der Waals surface area contributed by atoms with Crippen molar-refractivity contribution in [3.63, 3.8) is 0 Å². The van der Waals surface area contributed by atoms with Gasteiger partial charge in [-0.15, -0.1) is 0 Å². The summed E-state index contributed by atoms with van der Waals surface area (Å²) in [6, 6.07) is 8.40. The Morgan fingerprint density at radius 2 is 1.73 bits per heavy atom. The van der Waals surface area contributed by atoms with Crippen molar-refractivity contribution in [2.75, 3.05) is 26.8 Å². The van der Waals surface area contributed by atoms with Gasteiger partial charge in [0.2, 0.25) is 5.91 Å². The van der Waals surface area contributed by atoms with Gasteiger partial charge in [-0.05, 0) is 32.8 Å². The summed E-state index contributed by atoms with van der Waals surface area (Å²) in [4.78, 5) is 38.3. The molecule has 3 amide bonds. The highest BCUT2D eigenvalue weighted by molar-refractivity contribution is 5.78. The number of hydrogen-bond donors (Lipinski definition) is 2. The first-order valence-electron chi connectivity index (χ1n) is 9.91. The van der Waals surface area contributed by atoms with Crippen LogP contribution in [0.1, 0.15) is 32.8 Å². The van der Waals surface area contributed by atoms with E-state index in [0.29, 0.717) is 13.0 Å². The van der Waals surface area contributed by atoms with Crippen LogP contribution in [-0.4, -0.2) is 67.5 Å². The number of amides is 3. The first kappa shape index (κ1) is 23.5. The van der Waals surface area contributed by atoms with E-state index in [1.807, 2.05) is 30.3 Å². The van der Waals surface area contributed by atoms with Crippen LogP contribution in [-0.2, 0) is 25.6 Å². The Bertz CT molecular complexity index is 719. The highest BCUT2D eigenvalue weighted by atomic mass is 16.6. The van der Waals surface area contributed by atoms with Crippen molar-refractivity contribution in [2.45, 2.75) is 51.5 Å². The second kappa shape index (κ2) is 10.8. The number of carbonyl (C=O) groups excluding carboxylic acids is 3. The molecule has 1 aliphatic heterocycles. The lowest BCUT2D eigenvalue weighted by Gasteiger charge is -2.39. The minimum absolute atomic E-state index is 0.0453. The number of ether oxygens (including phenoxy) is 3. The Labute approximate surface area is 177 Å². The number of piperidine rings is 1. The second-order valence-corrected chi connectivity index (χ2v) is 8.13. The van der Waals surface area contributed by atoms with E-state index in [2.05, 4.69) is 10.6 Å². The molecule has 1 aromatic carbocycles. The number of alkyl carbamates (subject to hydrolysis) is 2. The maximum Gasteiger partial charge on any atom is 0.408 e. The first-order valence-corrected chi connectivity index (χ1v) is 9.91. The molecule has 0 bridgehead atoms. The molecule has 0 unspecified atom stereocenters. The van der Waals surface area contributed by atoms with E-state index in [9.17, 15) is 14.4 Å². The molecule has 9 nitrogen and oxygen atoms in total. The van der Waals surface area contributed by atoms with Gasteiger partial charge in [-0.1, -0.05) is 30.3 Å². The van der Waals surface area contributed by atoms with Crippen LogP contribution >= 0.6 is 0 Å². The molecule has 1 fully saturated rings. The number of carbonyl (C=O) groups is 3. The number of benzene rings is 1. The summed E-state index contributed by atoms with van der Waals surface area (Å²) in [6.45, 7) is 6.04. The molecule has 30 heavy (non-hydrogen) atoms. The van der Waals surface area contributed by atoms with Gasteiger partial charge in [0.25, 0.3) is 0 Å². The first-order chi connectivity index (χ1) is 14.2. The molecule has 0 saturated carbocycles. The van der Waals surface area contributed by atoms with Gasteiger partial charge in [0.05, 0.1) is 12.1 Å². The van der Waals surface area contributed by atoms with E-state index in [4.69, 9.17) is 14.2 Å². The third-order valence-electron chi connectivity index (χ3n) is 4.45. The summed E-state index contributed by atoms with van der Waals surface area (Å²) in [5.74, 6) is -0.182. The van der Waals surface area contributed by atoms with E-state index >= 15 is 0 Å². The third-order valence-corrected chi connectivity index (χ3v) is 4.45. The number of nitrogens with one attached hydrogen (secondary N) is 2. The van der Waals surface area contributed by atoms with Crippen LogP contribution in [0.5, 0.6) is 0 Å². The zero-order valence-electron chi connectivity index (χ0n) is 18.0. The van der Waals surface area contributed by atoms with Crippen LogP contribution in [0.2, 0.25) is 0 Å². The van der Waals surface area contributed by atoms with Crippen LogP contribution in [0, 0.1) is 0 Å². The molecule has 0 spiro atoms. The summed E-state index contributed by atoms with van der Waals surface area (Å²) in [7, 11) is 1.45. The van der Waals surface area contributed by atoms with E-state index in [0.717, 1.165) is 5.56 Å². The fraction of sp³-hybridized carbons (Fsp3) is 0.571. The van der Waals surface area contributed by atoms with E-state index in [1.54, 1.807) is 25.7 Å². The molecule has 0 aromatic heterocycles. The average molecular weight is 421 g/mol. The lowest BCUT2D eigenvalue weighted by molar-refractivity contribution is -0.136. The maximum atomic E-state index is 12.3. The molecule has 2 rings (SSSR count). The normalized spacial score (nSPS) is 19.0. The predicted octanol–water partition coefficient (Wildman–Crippen LogP) is 2.05. The lowest BCUT2D eigenvalue weighted by atomic mass is 9.99. The average Bonchev–Trinajstić information content (AvgIpc) is 2.67. The van der Waals surface area contributed by atoms with Gasteiger partial charge in [-0.2, -0.15) is 0 Å². The van der Waals surface area contributed by atoms with Crippen molar-refractivity contribution in [1.82, 2.24) is 15.5 Å². The molecule has 2 N–H and O–H groups in total. The Kier molecular flexibility index (Phi) is 8.46. The van der Waals surface area contributed by atoms with Crippen LogP contribution in [0.3, 0.4) is 0 Å². The number of hydrogen-bond acceptors (Lipinski definition) is 6. The molecule has 9 heteroatoms. The number of methoxy groups -OCH3 is 1. The van der Waals surface area contributed by atoms with Crippen LogP contribution < -0.4 is 10.6 Å². The van der Waals surface area contributed by atoms with Crippen molar-refractivity contribution in [3.8, 4) is 0 Å². The third kappa shape index (κ3) is 7.90. The van der Waals surface area contributed by atoms with Crippen molar-refractivity contribution in [2.24, 2.45) is 0 Å². The van der Waals surface area contributed by atoms with Crippen LogP contribution in [0.4, 0.5) is 9.59 Å². The Morgan fingerprint density at radius 1 is 1.07 bits per heavy atom. The summed E-state index contributed by atoms with van der Waals surface area (Å²) in [5.41, 5.74) is 0.207. The standard InChI is InChI=1S/C21H31N3O6/c1-21(2,3)30-20(27)23-17-12-24(18(25)14-28-4)11-10-16(17)22-19(26)29-13-15-8-6-5-7-9-15/h5-9,16-17H,10-14H2,1-4H3,(H,22,26)(H,23,27)/t16-,17-/m1/s1. The fourth-order valence-corrected chi connectivity index (χ4v) is 3.09. The van der Waals surface area contributed by atoms with Crippen molar-refractivity contribution in [3.05, 3.63) is 35.9 Å². The Balaban J connectivity index is 1.98. The summed E-state index contributed by atoms with van der Waals surface area (Å²) >= 11 is 0. The minimum atomic E-state index is -0.665. The summed E-state index contributed by atoms with van der Waals surface area (Å²) in [6.07, 6.45) is -0.745. The highest BCUT2D eigenvalue weighted by Gasteiger charge is 2.34. The second-order valence-electron chi connectivity index (χ2n) is 8.13. The predicted molar refractivity (Wildman–Crippen MR) is 110 cm³/mol. The van der Waals surface area contributed by atoms with Gasteiger partial charge in [0.15, 0.2) is 0 Å². The number of likely N-dealkylation sites (tertiary alicyclic amines) is 1. The number of nitrogens with zero attached hydrogens (tertiary/aromatic N) is 1. The van der Waals surface area contributed by atoms with E-state index < -0.39 is 29.9 Å². The van der Waals surface area contributed by atoms with Gasteiger partial charge in [0.1, 0.15) is 18.8 Å². The van der Waals surface area contributed by atoms with Crippen molar-refractivity contribution < 1.29 is 28.6 Å². The maximum absolute atomic E-state index is 12.3. The zero-order valence-corrected chi connectivity index (χ0v) is 18.0. The fourth-order valence-electron chi connectivity index (χ4n) is 3.09.